The maximum atomic E-state index is 13.0. The summed E-state index contributed by atoms with van der Waals surface area (Å²) in [5.41, 5.74) is -0.560. The highest BCUT2D eigenvalue weighted by Crippen LogP contribution is 2.14. The Bertz CT molecular complexity index is 289. The van der Waals surface area contributed by atoms with Crippen LogP contribution in [0.3, 0.4) is 0 Å². The number of hydrogen-bond acceptors (Lipinski definition) is 3. The smallest absolute Gasteiger partial charge is 0.165 e. The normalized spacial score (nSPS) is 11.4. The van der Waals surface area contributed by atoms with Crippen molar-refractivity contribution in [3.05, 3.63) is 24.1 Å². The molecule has 0 fully saturated rings. The highest BCUT2D eigenvalue weighted by Gasteiger charge is 2.17. The number of hydrogen-bond donors (Lipinski definition) is 2. The van der Waals surface area contributed by atoms with E-state index in [0.717, 1.165) is 0 Å². The SMILES string of the molecule is CC(C)(CO)Nc1ncccc1F. The Labute approximate surface area is 76.6 Å². The Morgan fingerprint density at radius 2 is 2.31 bits per heavy atom. The summed E-state index contributed by atoms with van der Waals surface area (Å²) >= 11 is 0. The third-order valence-electron chi connectivity index (χ3n) is 1.61. The molecule has 0 atom stereocenters. The van der Waals surface area contributed by atoms with Gasteiger partial charge in [0.25, 0.3) is 0 Å². The summed E-state index contributed by atoms with van der Waals surface area (Å²) in [6, 6.07) is 2.84. The number of halogens is 1. The lowest BCUT2D eigenvalue weighted by molar-refractivity contribution is 0.233. The number of nitrogens with one attached hydrogen (secondary N) is 1. The molecule has 0 aliphatic carbocycles. The maximum absolute atomic E-state index is 13.0. The molecule has 0 aliphatic rings. The van der Waals surface area contributed by atoms with Crippen LogP contribution in [0.2, 0.25) is 0 Å². The quantitative estimate of drug-likeness (QED) is 0.746. The van der Waals surface area contributed by atoms with Crippen LogP contribution in [0.25, 0.3) is 0 Å². The van der Waals surface area contributed by atoms with Gasteiger partial charge in [0.2, 0.25) is 0 Å². The van der Waals surface area contributed by atoms with E-state index in [0.29, 0.717) is 0 Å². The molecule has 2 N–H and O–H groups in total. The van der Waals surface area contributed by atoms with Crippen molar-refractivity contribution < 1.29 is 9.50 Å². The lowest BCUT2D eigenvalue weighted by Crippen LogP contribution is -2.35. The molecule has 1 heterocycles. The van der Waals surface area contributed by atoms with Gasteiger partial charge in [-0.15, -0.1) is 0 Å². The topological polar surface area (TPSA) is 45.1 Å². The second kappa shape index (κ2) is 3.70. The number of aliphatic hydroxyl groups is 1. The van der Waals surface area contributed by atoms with E-state index in [9.17, 15) is 4.39 Å². The Balaban J connectivity index is 2.80. The van der Waals surface area contributed by atoms with E-state index >= 15 is 0 Å². The Kier molecular flexibility index (Phi) is 2.83. The first kappa shape index (κ1) is 9.92. The zero-order chi connectivity index (χ0) is 9.90. The van der Waals surface area contributed by atoms with Gasteiger partial charge in [0, 0.05) is 6.20 Å². The highest BCUT2D eigenvalue weighted by molar-refractivity contribution is 5.38. The standard InChI is InChI=1S/C9H13FN2O/c1-9(2,6-13)12-8-7(10)4-3-5-11-8/h3-5,13H,6H2,1-2H3,(H,11,12). The minimum Gasteiger partial charge on any atom is -0.394 e. The van der Waals surface area contributed by atoms with Gasteiger partial charge in [-0.1, -0.05) is 0 Å². The van der Waals surface area contributed by atoms with Gasteiger partial charge in [-0.2, -0.15) is 0 Å². The molecular formula is C9H13FN2O. The molecule has 4 heteroatoms. The first-order valence-corrected chi connectivity index (χ1v) is 4.05. The van der Waals surface area contributed by atoms with Crippen molar-refractivity contribution in [2.24, 2.45) is 0 Å². The van der Waals surface area contributed by atoms with E-state index in [2.05, 4.69) is 10.3 Å². The molecule has 0 unspecified atom stereocenters. The van der Waals surface area contributed by atoms with Gasteiger partial charge < -0.3 is 10.4 Å². The first-order valence-electron chi connectivity index (χ1n) is 4.05. The molecule has 13 heavy (non-hydrogen) atoms. The van der Waals surface area contributed by atoms with Crippen LogP contribution in [0.15, 0.2) is 18.3 Å². The summed E-state index contributed by atoms with van der Waals surface area (Å²) in [7, 11) is 0. The van der Waals surface area contributed by atoms with Crippen molar-refractivity contribution >= 4 is 5.82 Å². The molecule has 1 rings (SSSR count). The van der Waals surface area contributed by atoms with E-state index in [4.69, 9.17) is 5.11 Å². The van der Waals surface area contributed by atoms with Gasteiger partial charge in [0.15, 0.2) is 11.6 Å². The van der Waals surface area contributed by atoms with Gasteiger partial charge in [0.1, 0.15) is 0 Å². The van der Waals surface area contributed by atoms with Gasteiger partial charge in [-0.3, -0.25) is 0 Å². The minimum absolute atomic E-state index is 0.0803. The molecule has 0 radical (unpaired) electrons. The number of nitrogens with zero attached hydrogens (tertiary/aromatic N) is 1. The summed E-state index contributed by atoms with van der Waals surface area (Å²) in [4.78, 5) is 3.81. The Morgan fingerprint density at radius 3 is 2.85 bits per heavy atom. The fourth-order valence-corrected chi connectivity index (χ4v) is 0.838. The van der Waals surface area contributed by atoms with Gasteiger partial charge in [-0.05, 0) is 26.0 Å². The van der Waals surface area contributed by atoms with Crippen LogP contribution >= 0.6 is 0 Å². The van der Waals surface area contributed by atoms with Crippen LogP contribution in [0.5, 0.6) is 0 Å². The maximum Gasteiger partial charge on any atom is 0.165 e. The summed E-state index contributed by atoms with van der Waals surface area (Å²) in [6.45, 7) is 3.45. The molecule has 0 saturated carbocycles. The van der Waals surface area contributed by atoms with Crippen molar-refractivity contribution in [3.8, 4) is 0 Å². The lowest BCUT2D eigenvalue weighted by atomic mass is 10.1. The third kappa shape index (κ3) is 2.66. The molecule has 0 bridgehead atoms. The second-order valence-corrected chi connectivity index (χ2v) is 3.50. The number of anilines is 1. The van der Waals surface area contributed by atoms with Crippen molar-refractivity contribution in [2.75, 3.05) is 11.9 Å². The van der Waals surface area contributed by atoms with Gasteiger partial charge in [0.05, 0.1) is 12.1 Å². The molecule has 72 valence electrons. The van der Waals surface area contributed by atoms with Gasteiger partial charge >= 0.3 is 0 Å². The van der Waals surface area contributed by atoms with Crippen LogP contribution in [0.4, 0.5) is 10.2 Å². The molecule has 0 saturated heterocycles. The summed E-state index contributed by atoms with van der Waals surface area (Å²) in [6.07, 6.45) is 1.50. The lowest BCUT2D eigenvalue weighted by Gasteiger charge is -2.24. The number of aliphatic hydroxyl groups excluding tert-OH is 1. The Hall–Kier alpha value is -1.16. The van der Waals surface area contributed by atoms with E-state index in [-0.39, 0.29) is 12.4 Å². The van der Waals surface area contributed by atoms with Crippen molar-refractivity contribution in [1.29, 1.82) is 0 Å². The average Bonchev–Trinajstić information content (AvgIpc) is 2.09. The summed E-state index contributed by atoms with van der Waals surface area (Å²) < 4.78 is 13.0. The third-order valence-corrected chi connectivity index (χ3v) is 1.61. The molecule has 0 aliphatic heterocycles. The van der Waals surface area contributed by atoms with E-state index < -0.39 is 11.4 Å². The minimum atomic E-state index is -0.560. The monoisotopic (exact) mass is 184 g/mol. The Morgan fingerprint density at radius 1 is 1.62 bits per heavy atom. The first-order chi connectivity index (χ1) is 6.05. The molecular weight excluding hydrogens is 171 g/mol. The van der Waals surface area contributed by atoms with Gasteiger partial charge in [-0.25, -0.2) is 9.37 Å². The second-order valence-electron chi connectivity index (χ2n) is 3.50. The zero-order valence-electron chi connectivity index (χ0n) is 7.71. The van der Waals surface area contributed by atoms with Crippen LogP contribution in [-0.4, -0.2) is 22.2 Å². The predicted molar refractivity (Wildman–Crippen MR) is 49.0 cm³/mol. The van der Waals surface area contributed by atoms with E-state index in [1.54, 1.807) is 13.8 Å². The van der Waals surface area contributed by atoms with Crippen LogP contribution in [0, 0.1) is 5.82 Å². The van der Waals surface area contributed by atoms with Crippen molar-refractivity contribution in [1.82, 2.24) is 4.98 Å². The highest BCUT2D eigenvalue weighted by atomic mass is 19.1. The molecule has 0 amide bonds. The summed E-state index contributed by atoms with van der Waals surface area (Å²) in [5.74, 6) is -0.245. The largest absolute Gasteiger partial charge is 0.394 e. The summed E-state index contributed by atoms with van der Waals surface area (Å²) in [5, 5.41) is 11.7. The molecule has 1 aromatic rings. The van der Waals surface area contributed by atoms with E-state index in [1.807, 2.05) is 0 Å². The van der Waals surface area contributed by atoms with Crippen molar-refractivity contribution in [3.63, 3.8) is 0 Å². The molecule has 3 nitrogen and oxygen atoms in total. The predicted octanol–water partition coefficient (Wildman–Crippen LogP) is 1.40. The van der Waals surface area contributed by atoms with Crippen LogP contribution < -0.4 is 5.32 Å². The van der Waals surface area contributed by atoms with Crippen molar-refractivity contribution in [2.45, 2.75) is 19.4 Å². The van der Waals surface area contributed by atoms with E-state index in [1.165, 1.54) is 18.3 Å². The average molecular weight is 184 g/mol. The van der Waals surface area contributed by atoms with Crippen LogP contribution in [0.1, 0.15) is 13.8 Å². The number of aromatic nitrogens is 1. The molecule has 0 spiro atoms. The fraction of sp³-hybridized carbons (Fsp3) is 0.444. The molecule has 0 aromatic carbocycles. The zero-order valence-corrected chi connectivity index (χ0v) is 7.71. The number of pyridine rings is 1. The number of rotatable bonds is 3. The van der Waals surface area contributed by atoms with Crippen LogP contribution in [-0.2, 0) is 0 Å². The fourth-order valence-electron chi connectivity index (χ4n) is 0.838. The molecule has 1 aromatic heterocycles.